The fraction of sp³-hybridized carbons (Fsp3) is 0.200. The van der Waals surface area contributed by atoms with E-state index in [2.05, 4.69) is 27.6 Å². The maximum Gasteiger partial charge on any atom is 0.266 e. The van der Waals surface area contributed by atoms with E-state index in [0.29, 0.717) is 32.5 Å². The Morgan fingerprint density at radius 1 is 1.26 bits per heavy atom. The Kier molecular flexibility index (Phi) is 6.43. The molecule has 3 rings (SSSR count). The lowest BCUT2D eigenvalue weighted by Crippen LogP contribution is -2.28. The molecule has 0 aliphatic carbocycles. The molecule has 7 heteroatoms. The van der Waals surface area contributed by atoms with Crippen LogP contribution in [0.3, 0.4) is 0 Å². The van der Waals surface area contributed by atoms with Crippen molar-refractivity contribution < 1.29 is 14.6 Å². The monoisotopic (exact) mass is 494 g/mol. The molecule has 27 heavy (non-hydrogen) atoms. The van der Waals surface area contributed by atoms with Gasteiger partial charge in [-0.2, -0.15) is 0 Å². The predicted molar refractivity (Wildman–Crippen MR) is 118 cm³/mol. The molecule has 0 bridgehead atoms. The van der Waals surface area contributed by atoms with Crippen molar-refractivity contribution in [2.45, 2.75) is 13.8 Å². The van der Waals surface area contributed by atoms with Crippen LogP contribution < -0.4 is 4.74 Å². The summed E-state index contributed by atoms with van der Waals surface area (Å²) in [6.45, 7) is 4.79. The maximum absolute atomic E-state index is 12.8. The van der Waals surface area contributed by atoms with Crippen LogP contribution in [0.2, 0.25) is 0 Å². The lowest BCUT2D eigenvalue weighted by molar-refractivity contribution is -0.122. The van der Waals surface area contributed by atoms with Crippen molar-refractivity contribution in [2.24, 2.45) is 4.99 Å². The first-order valence-electron chi connectivity index (χ1n) is 8.54. The predicted octanol–water partition coefficient (Wildman–Crippen LogP) is 5.02. The quantitative estimate of drug-likeness (QED) is 0.469. The summed E-state index contributed by atoms with van der Waals surface area (Å²) in [5.41, 5.74) is 1.61. The van der Waals surface area contributed by atoms with Crippen molar-refractivity contribution in [2.75, 3.05) is 13.2 Å². The Morgan fingerprint density at radius 3 is 2.67 bits per heavy atom. The van der Waals surface area contributed by atoms with E-state index in [-0.39, 0.29) is 11.7 Å². The Balaban J connectivity index is 1.95. The molecule has 1 heterocycles. The highest BCUT2D eigenvalue weighted by Gasteiger charge is 2.32. The number of rotatable bonds is 5. The summed E-state index contributed by atoms with van der Waals surface area (Å²) < 4.78 is 6.15. The highest BCUT2D eigenvalue weighted by Crippen LogP contribution is 2.37. The second kappa shape index (κ2) is 8.79. The molecule has 1 saturated heterocycles. The molecule has 1 aliphatic heterocycles. The van der Waals surface area contributed by atoms with Crippen molar-refractivity contribution in [3.63, 3.8) is 0 Å². The number of carbonyl (C=O) groups is 1. The third-order valence-electron chi connectivity index (χ3n) is 3.83. The van der Waals surface area contributed by atoms with Gasteiger partial charge in [0.05, 0.1) is 20.8 Å². The fourth-order valence-electron chi connectivity index (χ4n) is 2.58. The van der Waals surface area contributed by atoms with Gasteiger partial charge in [0.1, 0.15) is 0 Å². The van der Waals surface area contributed by atoms with Gasteiger partial charge in [0.25, 0.3) is 5.91 Å². The van der Waals surface area contributed by atoms with Gasteiger partial charge in [-0.1, -0.05) is 18.2 Å². The van der Waals surface area contributed by atoms with Crippen molar-refractivity contribution in [1.29, 1.82) is 0 Å². The van der Waals surface area contributed by atoms with E-state index >= 15 is 0 Å². The summed E-state index contributed by atoms with van der Waals surface area (Å²) in [5, 5.41) is 10.8. The van der Waals surface area contributed by atoms with Crippen LogP contribution in [0.15, 0.2) is 52.4 Å². The topological polar surface area (TPSA) is 62.1 Å². The largest absolute Gasteiger partial charge is 0.504 e. The summed E-state index contributed by atoms with van der Waals surface area (Å²) in [6, 6.07) is 13.1. The number of phenols is 1. The van der Waals surface area contributed by atoms with Gasteiger partial charge in [-0.05, 0) is 84.1 Å². The Morgan fingerprint density at radius 2 is 2.00 bits per heavy atom. The van der Waals surface area contributed by atoms with Crippen molar-refractivity contribution in [3.05, 3.63) is 56.5 Å². The van der Waals surface area contributed by atoms with E-state index in [1.165, 1.54) is 11.8 Å². The number of aliphatic imine (C=N–C) groups is 1. The fourth-order valence-corrected chi connectivity index (χ4v) is 4.27. The van der Waals surface area contributed by atoms with Crippen LogP contribution in [0.5, 0.6) is 11.5 Å². The van der Waals surface area contributed by atoms with Crippen LogP contribution in [0.25, 0.3) is 6.08 Å². The summed E-state index contributed by atoms with van der Waals surface area (Å²) in [4.78, 5) is 19.6. The lowest BCUT2D eigenvalue weighted by Gasteiger charge is -2.12. The van der Waals surface area contributed by atoms with Crippen LogP contribution in [-0.4, -0.2) is 34.2 Å². The molecule has 1 amide bonds. The summed E-state index contributed by atoms with van der Waals surface area (Å²) in [5.74, 6) is 0.460. The molecule has 0 spiro atoms. The summed E-state index contributed by atoms with van der Waals surface area (Å²) >= 11 is 3.40. The number of benzene rings is 2. The maximum atomic E-state index is 12.8. The second-order valence-electron chi connectivity index (χ2n) is 5.67. The lowest BCUT2D eigenvalue weighted by atomic mass is 10.2. The number of amides is 1. The van der Waals surface area contributed by atoms with E-state index in [0.717, 1.165) is 11.3 Å². The molecule has 0 atom stereocenters. The highest BCUT2D eigenvalue weighted by molar-refractivity contribution is 14.1. The number of phenolic OH excluding ortho intramolecular Hbond substituents is 1. The Bertz CT molecular complexity index is 913. The van der Waals surface area contributed by atoms with E-state index < -0.39 is 0 Å². The third kappa shape index (κ3) is 4.47. The van der Waals surface area contributed by atoms with Crippen molar-refractivity contribution in [3.8, 4) is 11.5 Å². The third-order valence-corrected chi connectivity index (χ3v) is 5.66. The summed E-state index contributed by atoms with van der Waals surface area (Å²) in [7, 11) is 0. The zero-order valence-electron chi connectivity index (χ0n) is 15.0. The normalized spacial score (nSPS) is 17.1. The molecule has 1 N–H and O–H groups in total. The van der Waals surface area contributed by atoms with Crippen LogP contribution in [0.4, 0.5) is 5.69 Å². The minimum Gasteiger partial charge on any atom is -0.504 e. The minimum absolute atomic E-state index is 0.0711. The number of para-hydroxylation sites is 1. The Hall–Kier alpha value is -2.00. The summed E-state index contributed by atoms with van der Waals surface area (Å²) in [6.07, 6.45) is 1.81. The molecule has 1 aliphatic rings. The van der Waals surface area contributed by atoms with Gasteiger partial charge in [0, 0.05) is 6.54 Å². The second-order valence-corrected chi connectivity index (χ2v) is 7.84. The standard InChI is InChI=1S/C20H19IN2O3S/c1-3-23-19(25)17(27-20(23)22-14-8-6-5-7-9-14)12-13-10-15(21)18(24)16(11-13)26-4-2/h5-12,24H,3-4H2,1-2H3/b17-12+,22-20?. The number of thioether (sulfide) groups is 1. The molecule has 0 saturated carbocycles. The number of likely N-dealkylation sites (N-methyl/N-ethyl adjacent to an activating group) is 1. The highest BCUT2D eigenvalue weighted by atomic mass is 127. The van der Waals surface area contributed by atoms with Gasteiger partial charge < -0.3 is 9.84 Å². The average Bonchev–Trinajstić information content (AvgIpc) is 2.94. The molecular formula is C20H19IN2O3S. The number of hydrogen-bond donors (Lipinski definition) is 1. The van der Waals surface area contributed by atoms with Gasteiger partial charge >= 0.3 is 0 Å². The SMILES string of the molecule is CCOc1cc(/C=C2/SC(=Nc3ccccc3)N(CC)C2=O)cc(I)c1O. The van der Waals surface area contributed by atoms with Crippen LogP contribution in [-0.2, 0) is 4.79 Å². The Labute approximate surface area is 176 Å². The number of amidine groups is 1. The number of nitrogens with zero attached hydrogens (tertiary/aromatic N) is 2. The number of ether oxygens (including phenoxy) is 1. The average molecular weight is 494 g/mol. The van der Waals surface area contributed by atoms with E-state index in [9.17, 15) is 9.90 Å². The molecule has 0 aromatic heterocycles. The van der Waals surface area contributed by atoms with Crippen molar-refractivity contribution >= 4 is 57.2 Å². The molecule has 1 fully saturated rings. The zero-order valence-corrected chi connectivity index (χ0v) is 18.0. The number of halogens is 1. The number of carbonyl (C=O) groups excluding carboxylic acids is 1. The smallest absolute Gasteiger partial charge is 0.266 e. The van der Waals surface area contributed by atoms with Gasteiger partial charge in [-0.25, -0.2) is 4.99 Å². The molecule has 0 radical (unpaired) electrons. The zero-order chi connectivity index (χ0) is 19.4. The molecule has 5 nitrogen and oxygen atoms in total. The van der Waals surface area contributed by atoms with E-state index in [4.69, 9.17) is 4.74 Å². The molecule has 0 unspecified atom stereocenters. The van der Waals surface area contributed by atoms with Crippen molar-refractivity contribution in [1.82, 2.24) is 4.90 Å². The molecule has 140 valence electrons. The van der Waals surface area contributed by atoms with Gasteiger partial charge in [0.2, 0.25) is 0 Å². The molecule has 2 aromatic rings. The molecular weight excluding hydrogens is 475 g/mol. The first kappa shape index (κ1) is 19.8. The molecule has 2 aromatic carbocycles. The van der Waals surface area contributed by atoms with Gasteiger partial charge in [0.15, 0.2) is 16.7 Å². The van der Waals surface area contributed by atoms with Gasteiger partial charge in [-0.15, -0.1) is 0 Å². The number of aromatic hydroxyl groups is 1. The van der Waals surface area contributed by atoms with Crippen LogP contribution >= 0.6 is 34.4 Å². The van der Waals surface area contributed by atoms with Crippen LogP contribution in [0, 0.1) is 3.57 Å². The van der Waals surface area contributed by atoms with E-state index in [1.807, 2.05) is 56.3 Å². The van der Waals surface area contributed by atoms with Crippen LogP contribution in [0.1, 0.15) is 19.4 Å². The van der Waals surface area contributed by atoms with Gasteiger partial charge in [-0.3, -0.25) is 9.69 Å². The minimum atomic E-state index is -0.0711. The first-order chi connectivity index (χ1) is 13.0. The number of hydrogen-bond acceptors (Lipinski definition) is 5. The first-order valence-corrected chi connectivity index (χ1v) is 10.4. The van der Waals surface area contributed by atoms with E-state index in [1.54, 1.807) is 11.0 Å².